The average Bonchev–Trinajstić information content (AvgIpc) is 2.20. The summed E-state index contributed by atoms with van der Waals surface area (Å²) in [5.41, 5.74) is 5.68. The molecule has 1 rings (SSSR count). The van der Waals surface area contributed by atoms with Crippen LogP contribution in [0, 0.1) is 5.92 Å². The summed E-state index contributed by atoms with van der Waals surface area (Å²) in [6, 6.07) is -0.0526. The molecule has 3 N–H and O–H groups in total. The van der Waals surface area contributed by atoms with Crippen LogP contribution in [0.15, 0.2) is 0 Å². The van der Waals surface area contributed by atoms with Gasteiger partial charge in [-0.3, -0.25) is 4.79 Å². The van der Waals surface area contributed by atoms with Crippen LogP contribution in [0.1, 0.15) is 26.7 Å². The van der Waals surface area contributed by atoms with Crippen molar-refractivity contribution in [2.75, 3.05) is 20.1 Å². The van der Waals surface area contributed by atoms with Crippen LogP contribution in [0.3, 0.4) is 0 Å². The van der Waals surface area contributed by atoms with Crippen molar-refractivity contribution in [3.05, 3.63) is 0 Å². The normalized spacial score (nSPS) is 29.9. The summed E-state index contributed by atoms with van der Waals surface area (Å²) in [4.78, 5) is 13.9. The molecule has 1 heterocycles. The first-order valence-corrected chi connectivity index (χ1v) is 5.79. The molecule has 4 nitrogen and oxygen atoms in total. The lowest BCUT2D eigenvalue weighted by molar-refractivity contribution is -0.123. The van der Waals surface area contributed by atoms with E-state index in [0.717, 1.165) is 19.5 Å². The van der Waals surface area contributed by atoms with E-state index in [2.05, 4.69) is 24.2 Å². The fourth-order valence-electron chi connectivity index (χ4n) is 2.04. The summed E-state index contributed by atoms with van der Waals surface area (Å²) in [5, 5.41) is 3.05. The Kier molecular flexibility index (Phi) is 4.54. The molecule has 15 heavy (non-hydrogen) atoms. The highest BCUT2D eigenvalue weighted by molar-refractivity contribution is 5.81. The number of carbonyl (C=O) groups excluding carboxylic acids is 1. The zero-order chi connectivity index (χ0) is 11.4. The summed E-state index contributed by atoms with van der Waals surface area (Å²) in [7, 11) is 2.12. The van der Waals surface area contributed by atoms with Crippen molar-refractivity contribution in [2.24, 2.45) is 11.7 Å². The summed E-state index contributed by atoms with van der Waals surface area (Å²) in [5.74, 6) is 0.510. The smallest absolute Gasteiger partial charge is 0.237 e. The number of carbonyl (C=O) groups is 1. The second kappa shape index (κ2) is 5.47. The zero-order valence-corrected chi connectivity index (χ0v) is 9.99. The van der Waals surface area contributed by atoms with Gasteiger partial charge in [-0.25, -0.2) is 0 Å². The van der Waals surface area contributed by atoms with E-state index in [1.165, 1.54) is 0 Å². The number of hydrogen-bond donors (Lipinski definition) is 2. The Hall–Kier alpha value is -0.610. The Morgan fingerprint density at radius 2 is 2.33 bits per heavy atom. The van der Waals surface area contributed by atoms with Crippen LogP contribution in [0.4, 0.5) is 0 Å². The molecule has 1 aliphatic heterocycles. The first-order chi connectivity index (χ1) is 7.04. The van der Waals surface area contributed by atoms with Gasteiger partial charge in [-0.05, 0) is 32.4 Å². The molecule has 1 fully saturated rings. The highest BCUT2D eigenvalue weighted by Gasteiger charge is 2.26. The predicted octanol–water partition coefficient (Wildman–Crippen LogP) is 0.180. The van der Waals surface area contributed by atoms with Crippen LogP contribution in [-0.4, -0.2) is 43.0 Å². The molecule has 0 radical (unpaired) electrons. The Balaban J connectivity index is 2.41. The Morgan fingerprint density at radius 3 is 2.87 bits per heavy atom. The van der Waals surface area contributed by atoms with E-state index in [-0.39, 0.29) is 11.9 Å². The molecule has 1 saturated heterocycles. The monoisotopic (exact) mass is 213 g/mol. The maximum Gasteiger partial charge on any atom is 0.237 e. The molecule has 0 bridgehead atoms. The molecule has 2 unspecified atom stereocenters. The SMILES string of the molecule is CC[C@@H](N)C(=O)NC1CCN(C)CC1C. The van der Waals surface area contributed by atoms with Gasteiger partial charge < -0.3 is 16.0 Å². The molecule has 0 spiro atoms. The number of hydrogen-bond acceptors (Lipinski definition) is 3. The third-order valence-corrected chi connectivity index (χ3v) is 3.21. The van der Waals surface area contributed by atoms with E-state index in [1.54, 1.807) is 0 Å². The van der Waals surface area contributed by atoms with E-state index >= 15 is 0 Å². The lowest BCUT2D eigenvalue weighted by Crippen LogP contribution is -2.52. The van der Waals surface area contributed by atoms with Gasteiger partial charge in [-0.2, -0.15) is 0 Å². The van der Waals surface area contributed by atoms with Gasteiger partial charge >= 0.3 is 0 Å². The molecular weight excluding hydrogens is 190 g/mol. The van der Waals surface area contributed by atoms with Crippen LogP contribution in [0.5, 0.6) is 0 Å². The van der Waals surface area contributed by atoms with E-state index < -0.39 is 0 Å². The maximum absolute atomic E-state index is 11.6. The number of rotatable bonds is 3. The van der Waals surface area contributed by atoms with Crippen LogP contribution < -0.4 is 11.1 Å². The van der Waals surface area contributed by atoms with E-state index in [9.17, 15) is 4.79 Å². The molecule has 0 aromatic rings. The average molecular weight is 213 g/mol. The van der Waals surface area contributed by atoms with Crippen LogP contribution >= 0.6 is 0 Å². The fourth-order valence-corrected chi connectivity index (χ4v) is 2.04. The van der Waals surface area contributed by atoms with Crippen LogP contribution in [0.25, 0.3) is 0 Å². The molecule has 3 atom stereocenters. The van der Waals surface area contributed by atoms with Crippen molar-refractivity contribution < 1.29 is 4.79 Å². The van der Waals surface area contributed by atoms with E-state index in [1.807, 2.05) is 6.92 Å². The molecule has 0 saturated carbocycles. The lowest BCUT2D eigenvalue weighted by atomic mass is 9.94. The number of nitrogens with one attached hydrogen (secondary N) is 1. The molecule has 1 aliphatic rings. The third kappa shape index (κ3) is 3.47. The second-order valence-electron chi connectivity index (χ2n) is 4.66. The Bertz CT molecular complexity index is 220. The molecular formula is C11H23N3O. The number of nitrogens with zero attached hydrogens (tertiary/aromatic N) is 1. The quantitative estimate of drug-likeness (QED) is 0.703. The highest BCUT2D eigenvalue weighted by atomic mass is 16.2. The van der Waals surface area contributed by atoms with Gasteiger partial charge in [0.2, 0.25) is 5.91 Å². The second-order valence-corrected chi connectivity index (χ2v) is 4.66. The third-order valence-electron chi connectivity index (χ3n) is 3.21. The van der Waals surface area contributed by atoms with Gasteiger partial charge in [0.25, 0.3) is 0 Å². The van der Waals surface area contributed by atoms with Crippen molar-refractivity contribution in [1.82, 2.24) is 10.2 Å². The lowest BCUT2D eigenvalue weighted by Gasteiger charge is -2.35. The van der Waals surface area contributed by atoms with Crippen molar-refractivity contribution in [2.45, 2.75) is 38.8 Å². The summed E-state index contributed by atoms with van der Waals surface area (Å²) in [6.07, 6.45) is 1.73. The number of likely N-dealkylation sites (tertiary alicyclic amines) is 1. The number of piperidine rings is 1. The topological polar surface area (TPSA) is 58.4 Å². The highest BCUT2D eigenvalue weighted by Crippen LogP contribution is 2.15. The van der Waals surface area contributed by atoms with Gasteiger partial charge in [-0.15, -0.1) is 0 Å². The van der Waals surface area contributed by atoms with Crippen LogP contribution in [-0.2, 0) is 4.79 Å². The fraction of sp³-hybridized carbons (Fsp3) is 0.909. The molecule has 0 aromatic heterocycles. The largest absolute Gasteiger partial charge is 0.352 e. The van der Waals surface area contributed by atoms with Crippen molar-refractivity contribution >= 4 is 5.91 Å². The standard InChI is InChI=1S/C11H23N3O/c1-4-9(12)11(15)13-10-5-6-14(3)7-8(10)2/h8-10H,4-7,12H2,1-3H3,(H,13,15)/t8?,9-,10?/m1/s1. The Morgan fingerprint density at radius 1 is 1.67 bits per heavy atom. The van der Waals surface area contributed by atoms with Gasteiger partial charge in [0.15, 0.2) is 0 Å². The molecule has 0 aromatic carbocycles. The van der Waals surface area contributed by atoms with Crippen molar-refractivity contribution in [3.63, 3.8) is 0 Å². The van der Waals surface area contributed by atoms with E-state index in [4.69, 9.17) is 5.73 Å². The van der Waals surface area contributed by atoms with Gasteiger partial charge in [0.05, 0.1) is 6.04 Å². The summed E-state index contributed by atoms with van der Waals surface area (Å²) < 4.78 is 0. The minimum Gasteiger partial charge on any atom is -0.352 e. The van der Waals surface area contributed by atoms with Crippen LogP contribution in [0.2, 0.25) is 0 Å². The molecule has 88 valence electrons. The van der Waals surface area contributed by atoms with E-state index in [0.29, 0.717) is 18.4 Å². The predicted molar refractivity (Wildman–Crippen MR) is 61.5 cm³/mol. The zero-order valence-electron chi connectivity index (χ0n) is 9.99. The molecule has 1 amide bonds. The summed E-state index contributed by atoms with van der Waals surface area (Å²) >= 11 is 0. The van der Waals surface area contributed by atoms with Gasteiger partial charge in [0, 0.05) is 12.6 Å². The van der Waals surface area contributed by atoms with Crippen molar-refractivity contribution in [1.29, 1.82) is 0 Å². The first-order valence-electron chi connectivity index (χ1n) is 5.79. The summed E-state index contributed by atoms with van der Waals surface area (Å²) in [6.45, 7) is 6.21. The van der Waals surface area contributed by atoms with Crippen molar-refractivity contribution in [3.8, 4) is 0 Å². The van der Waals surface area contributed by atoms with Gasteiger partial charge in [-0.1, -0.05) is 13.8 Å². The van der Waals surface area contributed by atoms with Gasteiger partial charge in [0.1, 0.15) is 0 Å². The number of amides is 1. The number of nitrogens with two attached hydrogens (primary N) is 1. The Labute approximate surface area is 92.2 Å². The molecule has 0 aliphatic carbocycles. The molecule has 4 heteroatoms. The maximum atomic E-state index is 11.6. The minimum atomic E-state index is -0.350. The first kappa shape index (κ1) is 12.5. The minimum absolute atomic E-state index is 0.00102.